The second kappa shape index (κ2) is 9.42. The van der Waals surface area contributed by atoms with Crippen LogP contribution in [0.25, 0.3) is 0 Å². The lowest BCUT2D eigenvalue weighted by Gasteiger charge is -2.23. The Balaban J connectivity index is 2.19. The quantitative estimate of drug-likeness (QED) is 0.759. The van der Waals surface area contributed by atoms with Gasteiger partial charge in [0.25, 0.3) is 0 Å². The first-order chi connectivity index (χ1) is 13.0. The van der Waals surface area contributed by atoms with Crippen molar-refractivity contribution in [1.82, 2.24) is 10.3 Å². The third kappa shape index (κ3) is 5.10. The van der Waals surface area contributed by atoms with Crippen LogP contribution in [0.5, 0.6) is 17.2 Å². The molecule has 1 N–H and O–H groups in total. The molecule has 0 radical (unpaired) electrons. The second-order valence-corrected chi connectivity index (χ2v) is 5.63. The molecule has 144 valence electrons. The number of ether oxygens (including phenoxy) is 3. The molecule has 27 heavy (non-hydrogen) atoms. The van der Waals surface area contributed by atoms with Crippen molar-refractivity contribution >= 4 is 17.5 Å². The number of rotatable bonds is 8. The molecule has 0 spiro atoms. The molecule has 8 heteroatoms. The Bertz CT molecular complexity index is 770. The normalized spacial score (nSPS) is 10.1. The minimum atomic E-state index is -0.303. The predicted octanol–water partition coefficient (Wildman–Crippen LogP) is 1.78. The molecule has 0 aliphatic carbocycles. The SMILES string of the molecule is COc1cc(N(CC(=O)NCc2cccnc2)C(C)=O)cc(OC)c1OC. The van der Waals surface area contributed by atoms with Gasteiger partial charge in [0, 0.05) is 38.0 Å². The number of hydrogen-bond donors (Lipinski definition) is 1. The Morgan fingerprint density at radius 2 is 1.78 bits per heavy atom. The molecule has 0 saturated heterocycles. The van der Waals surface area contributed by atoms with Crippen LogP contribution in [0.15, 0.2) is 36.7 Å². The highest BCUT2D eigenvalue weighted by atomic mass is 16.5. The molecule has 0 unspecified atom stereocenters. The summed E-state index contributed by atoms with van der Waals surface area (Å²) >= 11 is 0. The van der Waals surface area contributed by atoms with Gasteiger partial charge < -0.3 is 24.4 Å². The van der Waals surface area contributed by atoms with E-state index in [-0.39, 0.29) is 18.4 Å². The molecule has 8 nitrogen and oxygen atoms in total. The van der Waals surface area contributed by atoms with E-state index in [2.05, 4.69) is 10.3 Å². The van der Waals surface area contributed by atoms with Crippen LogP contribution >= 0.6 is 0 Å². The van der Waals surface area contributed by atoms with Gasteiger partial charge in [-0.3, -0.25) is 14.6 Å². The molecule has 2 aromatic rings. The van der Waals surface area contributed by atoms with Crippen LogP contribution in [0.4, 0.5) is 5.69 Å². The van der Waals surface area contributed by atoms with Crippen molar-refractivity contribution in [3.8, 4) is 17.2 Å². The Morgan fingerprint density at radius 3 is 2.26 bits per heavy atom. The van der Waals surface area contributed by atoms with Gasteiger partial charge in [0.1, 0.15) is 6.54 Å². The van der Waals surface area contributed by atoms with Gasteiger partial charge in [-0.2, -0.15) is 0 Å². The summed E-state index contributed by atoms with van der Waals surface area (Å²) in [5.41, 5.74) is 1.33. The zero-order valence-corrected chi connectivity index (χ0v) is 15.8. The largest absolute Gasteiger partial charge is 0.493 e. The number of hydrogen-bond acceptors (Lipinski definition) is 6. The summed E-state index contributed by atoms with van der Waals surface area (Å²) in [4.78, 5) is 29.8. The van der Waals surface area contributed by atoms with Crippen molar-refractivity contribution in [2.45, 2.75) is 13.5 Å². The molecule has 0 aliphatic heterocycles. The van der Waals surface area contributed by atoms with Crippen molar-refractivity contribution < 1.29 is 23.8 Å². The number of aromatic nitrogens is 1. The number of carbonyl (C=O) groups excluding carboxylic acids is 2. The summed E-state index contributed by atoms with van der Waals surface area (Å²) in [5, 5.41) is 2.77. The van der Waals surface area contributed by atoms with E-state index in [0.717, 1.165) is 5.56 Å². The lowest BCUT2D eigenvalue weighted by Crippen LogP contribution is -2.39. The van der Waals surface area contributed by atoms with Crippen molar-refractivity contribution in [3.05, 3.63) is 42.2 Å². The predicted molar refractivity (Wildman–Crippen MR) is 100 cm³/mol. The van der Waals surface area contributed by atoms with E-state index in [1.807, 2.05) is 6.07 Å². The summed E-state index contributed by atoms with van der Waals surface area (Å²) in [5.74, 6) is 0.611. The number of anilines is 1. The van der Waals surface area contributed by atoms with E-state index in [0.29, 0.717) is 29.5 Å². The standard InChI is InChI=1S/C19H23N3O5/c1-13(23)22(12-18(24)21-11-14-6-5-7-20-10-14)15-8-16(25-2)19(27-4)17(9-15)26-3/h5-10H,11-12H2,1-4H3,(H,21,24). The van der Waals surface area contributed by atoms with E-state index in [1.165, 1.54) is 33.2 Å². The van der Waals surface area contributed by atoms with Crippen LogP contribution in [0.3, 0.4) is 0 Å². The summed E-state index contributed by atoms with van der Waals surface area (Å²) < 4.78 is 15.9. The van der Waals surface area contributed by atoms with E-state index in [1.54, 1.807) is 30.6 Å². The average molecular weight is 373 g/mol. The topological polar surface area (TPSA) is 90.0 Å². The van der Waals surface area contributed by atoms with Gasteiger partial charge in [0.15, 0.2) is 11.5 Å². The van der Waals surface area contributed by atoms with Gasteiger partial charge in [-0.05, 0) is 11.6 Å². The minimum absolute atomic E-state index is 0.145. The average Bonchev–Trinajstić information content (AvgIpc) is 2.69. The first-order valence-electron chi connectivity index (χ1n) is 8.23. The highest BCUT2D eigenvalue weighted by Crippen LogP contribution is 2.41. The number of methoxy groups -OCH3 is 3. The molecule has 2 amide bonds. The van der Waals surface area contributed by atoms with Crippen LogP contribution in [0.1, 0.15) is 12.5 Å². The van der Waals surface area contributed by atoms with Gasteiger partial charge in [-0.15, -0.1) is 0 Å². The highest BCUT2D eigenvalue weighted by Gasteiger charge is 2.21. The van der Waals surface area contributed by atoms with E-state index in [4.69, 9.17) is 14.2 Å². The molecule has 0 atom stereocenters. The van der Waals surface area contributed by atoms with Crippen molar-refractivity contribution in [3.63, 3.8) is 0 Å². The summed E-state index contributed by atoms with van der Waals surface area (Å²) in [6.45, 7) is 1.57. The maximum Gasteiger partial charge on any atom is 0.240 e. The first-order valence-corrected chi connectivity index (χ1v) is 8.23. The highest BCUT2D eigenvalue weighted by molar-refractivity contribution is 5.98. The smallest absolute Gasteiger partial charge is 0.240 e. The van der Waals surface area contributed by atoms with E-state index in [9.17, 15) is 9.59 Å². The lowest BCUT2D eigenvalue weighted by atomic mass is 10.2. The third-order valence-electron chi connectivity index (χ3n) is 3.86. The van der Waals surface area contributed by atoms with Crippen LogP contribution in [0, 0.1) is 0 Å². The van der Waals surface area contributed by atoms with Crippen LogP contribution in [0.2, 0.25) is 0 Å². The van der Waals surface area contributed by atoms with Crippen LogP contribution in [-0.2, 0) is 16.1 Å². The number of carbonyl (C=O) groups is 2. The summed E-state index contributed by atoms with van der Waals surface area (Å²) in [6, 6.07) is 6.89. The van der Waals surface area contributed by atoms with Crippen molar-refractivity contribution in [2.75, 3.05) is 32.8 Å². The Labute approximate surface area is 158 Å². The molecule has 0 bridgehead atoms. The maximum atomic E-state index is 12.3. The summed E-state index contributed by atoms with van der Waals surface area (Å²) in [7, 11) is 4.47. The minimum Gasteiger partial charge on any atom is -0.493 e. The lowest BCUT2D eigenvalue weighted by molar-refractivity contribution is -0.123. The fourth-order valence-corrected chi connectivity index (χ4v) is 2.51. The molecule has 0 fully saturated rings. The monoisotopic (exact) mass is 373 g/mol. The molecule has 0 aliphatic rings. The molecule has 1 heterocycles. The molecular weight excluding hydrogens is 350 g/mol. The summed E-state index contributed by atoms with van der Waals surface area (Å²) in [6.07, 6.45) is 3.33. The van der Waals surface area contributed by atoms with Crippen LogP contribution in [-0.4, -0.2) is 44.7 Å². The van der Waals surface area contributed by atoms with Gasteiger partial charge >= 0.3 is 0 Å². The Kier molecular flexibility index (Phi) is 6.99. The molecule has 1 aromatic carbocycles. The molecule has 2 rings (SSSR count). The first kappa shape index (κ1) is 20.0. The van der Waals surface area contributed by atoms with Gasteiger partial charge in [0.05, 0.1) is 27.0 Å². The fourth-order valence-electron chi connectivity index (χ4n) is 2.51. The number of amides is 2. The van der Waals surface area contributed by atoms with Crippen LogP contribution < -0.4 is 24.4 Å². The van der Waals surface area contributed by atoms with E-state index < -0.39 is 0 Å². The molecule has 1 aromatic heterocycles. The second-order valence-electron chi connectivity index (χ2n) is 5.63. The zero-order valence-electron chi connectivity index (χ0n) is 15.8. The third-order valence-corrected chi connectivity index (χ3v) is 3.86. The van der Waals surface area contributed by atoms with Gasteiger partial charge in [0.2, 0.25) is 17.6 Å². The number of nitrogens with one attached hydrogen (secondary N) is 1. The number of benzene rings is 1. The number of nitrogens with zero attached hydrogens (tertiary/aromatic N) is 2. The van der Waals surface area contributed by atoms with Crippen molar-refractivity contribution in [2.24, 2.45) is 0 Å². The maximum absolute atomic E-state index is 12.3. The fraction of sp³-hybridized carbons (Fsp3) is 0.316. The zero-order chi connectivity index (χ0) is 19.8. The molecule has 0 saturated carbocycles. The van der Waals surface area contributed by atoms with Crippen molar-refractivity contribution in [1.29, 1.82) is 0 Å². The van der Waals surface area contributed by atoms with E-state index >= 15 is 0 Å². The molecular formula is C19H23N3O5. The number of pyridine rings is 1. The van der Waals surface area contributed by atoms with Gasteiger partial charge in [-0.1, -0.05) is 6.07 Å². The Morgan fingerprint density at radius 1 is 1.11 bits per heavy atom. The Hall–Kier alpha value is -3.29. The van der Waals surface area contributed by atoms with Gasteiger partial charge in [-0.25, -0.2) is 0 Å².